The summed E-state index contributed by atoms with van der Waals surface area (Å²) in [4.78, 5) is 0. The van der Waals surface area contributed by atoms with Gasteiger partial charge in [-0.1, -0.05) is 47.5 Å². The molecule has 0 saturated heterocycles. The Kier molecular flexibility index (Phi) is 9.08. The zero-order valence-electron chi connectivity index (χ0n) is 19.9. The standard InChI is InChI=1S/C18H13.C13H10.2CH3.Zr/c1-2-6-13(5-1)14-9-10-18-16(11-14)12-15-7-3-4-8-17(15)18;1-3-7-12(8-4-1)11-13-9-5-2-6-10-13;;;/h1-5,7-10H,6,12H2;1-10H;2*1H3;/q-1;;2*-1;. The SMILES string of the molecule is [CH3-].[CH3-].[Zr]=[C](c1ccccc1)c1ccccc1.[c-]1c(C2=CC=CC2)ccc2c1Cc1ccccc1-2. The zero-order chi connectivity index (χ0) is 21.8. The predicted octanol–water partition coefficient (Wildman–Crippen LogP) is 8.10. The molecule has 0 spiro atoms. The van der Waals surface area contributed by atoms with Crippen LogP contribution in [0, 0.1) is 20.9 Å². The van der Waals surface area contributed by atoms with Gasteiger partial charge in [0.05, 0.1) is 0 Å². The summed E-state index contributed by atoms with van der Waals surface area (Å²) in [5.74, 6) is 0. The molecule has 0 aromatic heterocycles. The summed E-state index contributed by atoms with van der Waals surface area (Å²) in [7, 11) is 0. The number of hydrogen-bond donors (Lipinski definition) is 0. The van der Waals surface area contributed by atoms with Crippen LogP contribution >= 0.6 is 0 Å². The van der Waals surface area contributed by atoms with E-state index in [0.717, 1.165) is 12.8 Å². The summed E-state index contributed by atoms with van der Waals surface area (Å²) in [5, 5.41) is 0. The number of benzene rings is 4. The Morgan fingerprint density at radius 3 is 1.91 bits per heavy atom. The maximum Gasteiger partial charge on any atom is -0.0195 e. The van der Waals surface area contributed by atoms with Crippen LogP contribution < -0.4 is 0 Å². The molecule has 0 atom stereocenters. The van der Waals surface area contributed by atoms with Crippen molar-refractivity contribution in [2.75, 3.05) is 0 Å². The average Bonchev–Trinajstić information content (AvgIpc) is 3.53. The first-order valence-electron chi connectivity index (χ1n) is 11.0. The fourth-order valence-corrected chi connectivity index (χ4v) is 5.09. The van der Waals surface area contributed by atoms with E-state index in [4.69, 9.17) is 0 Å². The Morgan fingerprint density at radius 2 is 1.29 bits per heavy atom. The molecule has 2 aliphatic carbocycles. The number of rotatable bonds is 3. The molecule has 168 valence electrons. The largest absolute Gasteiger partial charge is 0.147 e. The van der Waals surface area contributed by atoms with Gasteiger partial charge in [-0.05, 0) is 18.4 Å². The van der Waals surface area contributed by atoms with Crippen LogP contribution in [-0.4, -0.2) is 3.21 Å². The number of allylic oxidation sites excluding steroid dienone is 4. The molecule has 0 radical (unpaired) electrons. The molecule has 4 aromatic rings. The minimum Gasteiger partial charge on any atom is -0.147 e. The van der Waals surface area contributed by atoms with Gasteiger partial charge >= 0.3 is 99.2 Å². The van der Waals surface area contributed by atoms with Crippen LogP contribution in [-0.2, 0) is 30.7 Å². The third kappa shape index (κ3) is 5.60. The van der Waals surface area contributed by atoms with Crippen molar-refractivity contribution in [2.24, 2.45) is 0 Å². The third-order valence-electron chi connectivity index (χ3n) is 5.94. The molecule has 0 fully saturated rings. The minimum atomic E-state index is 0. The van der Waals surface area contributed by atoms with Crippen molar-refractivity contribution in [1.29, 1.82) is 0 Å². The molecule has 0 nitrogen and oxygen atoms in total. The quantitative estimate of drug-likeness (QED) is 0.213. The maximum absolute atomic E-state index is 3.61. The zero-order valence-corrected chi connectivity index (χ0v) is 22.3. The fourth-order valence-electron chi connectivity index (χ4n) is 4.27. The first-order valence-corrected chi connectivity index (χ1v) is 12.2. The van der Waals surface area contributed by atoms with E-state index in [1.54, 1.807) is 0 Å². The molecule has 4 aromatic carbocycles. The molecule has 0 N–H and O–H groups in total. The molecule has 0 heterocycles. The summed E-state index contributed by atoms with van der Waals surface area (Å²) in [6.07, 6.45) is 8.60. The van der Waals surface area contributed by atoms with E-state index in [2.05, 4.69) is 121 Å². The van der Waals surface area contributed by atoms with Crippen LogP contribution in [0.5, 0.6) is 0 Å². The minimum absolute atomic E-state index is 0. The Bertz CT molecular complexity index is 1270. The van der Waals surface area contributed by atoms with E-state index in [1.165, 1.54) is 72.0 Å². The van der Waals surface area contributed by atoms with Gasteiger partial charge in [-0.15, -0.1) is 41.0 Å². The van der Waals surface area contributed by atoms with Crippen molar-refractivity contribution in [3.63, 3.8) is 0 Å². The van der Waals surface area contributed by atoms with Gasteiger partial charge in [0.1, 0.15) is 0 Å². The van der Waals surface area contributed by atoms with Gasteiger partial charge < -0.3 is 14.9 Å². The summed E-state index contributed by atoms with van der Waals surface area (Å²) in [6.45, 7) is 0. The van der Waals surface area contributed by atoms with Crippen molar-refractivity contribution in [3.05, 3.63) is 164 Å². The van der Waals surface area contributed by atoms with Gasteiger partial charge in [0.2, 0.25) is 0 Å². The van der Waals surface area contributed by atoms with E-state index in [-0.39, 0.29) is 14.9 Å². The number of fused-ring (bicyclic) bond motifs is 3. The Balaban J connectivity index is 0.000000186. The van der Waals surface area contributed by atoms with Crippen LogP contribution in [0.15, 0.2) is 115 Å². The summed E-state index contributed by atoms with van der Waals surface area (Å²) >= 11 is 1.46. The van der Waals surface area contributed by atoms with Crippen LogP contribution in [0.2, 0.25) is 0 Å². The monoisotopic (exact) mass is 515 g/mol. The van der Waals surface area contributed by atoms with Crippen molar-refractivity contribution >= 4 is 8.78 Å². The van der Waals surface area contributed by atoms with Crippen LogP contribution in [0.1, 0.15) is 34.2 Å². The Labute approximate surface area is 220 Å². The first-order chi connectivity index (χ1) is 15.8. The molecule has 0 saturated carbocycles. The third-order valence-corrected chi connectivity index (χ3v) is 7.36. The summed E-state index contributed by atoms with van der Waals surface area (Å²) in [5.41, 5.74) is 10.8. The van der Waals surface area contributed by atoms with Crippen molar-refractivity contribution in [3.8, 4) is 11.1 Å². The molecule has 6 rings (SSSR count). The van der Waals surface area contributed by atoms with E-state index >= 15 is 0 Å². The summed E-state index contributed by atoms with van der Waals surface area (Å²) in [6, 6.07) is 37.8. The molecule has 2 aliphatic rings. The number of hydrogen-bond acceptors (Lipinski definition) is 0. The second kappa shape index (κ2) is 12.0. The second-order valence-corrected chi connectivity index (χ2v) is 9.26. The Hall–Kier alpha value is -2.89. The smallest absolute Gasteiger partial charge is 0.0195 e. The molecule has 0 aliphatic heterocycles. The molecular formula is C33H29Zr-3. The summed E-state index contributed by atoms with van der Waals surface area (Å²) < 4.78 is 1.42. The molecule has 1 heteroatoms. The second-order valence-electron chi connectivity index (χ2n) is 8.03. The predicted molar refractivity (Wildman–Crippen MR) is 144 cm³/mol. The average molecular weight is 517 g/mol. The van der Waals surface area contributed by atoms with Crippen molar-refractivity contribution < 1.29 is 24.2 Å². The molecule has 34 heavy (non-hydrogen) atoms. The van der Waals surface area contributed by atoms with Gasteiger partial charge in [-0.25, -0.2) is 0 Å². The molecule has 0 unspecified atom stereocenters. The fraction of sp³-hybridized carbons (Fsp3) is 0.0606. The van der Waals surface area contributed by atoms with Gasteiger partial charge in [-0.2, -0.15) is 0 Å². The van der Waals surface area contributed by atoms with Crippen molar-refractivity contribution in [2.45, 2.75) is 12.8 Å². The van der Waals surface area contributed by atoms with Gasteiger partial charge in [0.15, 0.2) is 0 Å². The van der Waals surface area contributed by atoms with Gasteiger partial charge in [0, 0.05) is 0 Å². The first kappa shape index (κ1) is 25.7. The van der Waals surface area contributed by atoms with Crippen LogP contribution in [0.25, 0.3) is 16.7 Å². The van der Waals surface area contributed by atoms with E-state index < -0.39 is 0 Å². The van der Waals surface area contributed by atoms with E-state index in [9.17, 15) is 0 Å². The molecule has 0 amide bonds. The van der Waals surface area contributed by atoms with Crippen molar-refractivity contribution in [1.82, 2.24) is 0 Å². The topological polar surface area (TPSA) is 0 Å². The van der Waals surface area contributed by atoms with Gasteiger partial charge in [-0.3, -0.25) is 0 Å². The normalized spacial score (nSPS) is 12.1. The van der Waals surface area contributed by atoms with E-state index in [1.807, 2.05) is 0 Å². The van der Waals surface area contributed by atoms with E-state index in [0.29, 0.717) is 0 Å². The van der Waals surface area contributed by atoms with Gasteiger partial charge in [0.25, 0.3) is 0 Å². The van der Waals surface area contributed by atoms with Crippen LogP contribution in [0.4, 0.5) is 0 Å². The maximum atomic E-state index is 3.61. The Morgan fingerprint density at radius 1 is 0.676 bits per heavy atom. The molecule has 0 bridgehead atoms. The molecular weight excluding hydrogens is 488 g/mol. The van der Waals surface area contributed by atoms with Crippen LogP contribution in [0.3, 0.4) is 0 Å².